The second kappa shape index (κ2) is 9.19. The van der Waals surface area contributed by atoms with Gasteiger partial charge in [-0.3, -0.25) is 9.59 Å². The predicted molar refractivity (Wildman–Crippen MR) is 106 cm³/mol. The van der Waals surface area contributed by atoms with Gasteiger partial charge < -0.3 is 14.6 Å². The van der Waals surface area contributed by atoms with Crippen LogP contribution in [0.3, 0.4) is 0 Å². The molecule has 0 bridgehead atoms. The SMILES string of the molecule is Cc1noc(C)c1CCC(=O)OC(C)C(=O)Nc1cccc(S(=O)(=O)N(C)C)c1. The standard InChI is InChI=1S/C19H25N3O6S/c1-12-17(13(2)28-21-12)9-10-18(23)27-14(3)19(24)20-15-7-6-8-16(11-15)29(25,26)22(4)5/h6-8,11,14H,9-10H2,1-5H3,(H,20,24). The molecule has 2 aromatic rings. The lowest BCUT2D eigenvalue weighted by molar-refractivity contribution is -0.153. The van der Waals surface area contributed by atoms with Gasteiger partial charge in [0.25, 0.3) is 5.91 Å². The van der Waals surface area contributed by atoms with Gasteiger partial charge in [-0.05, 0) is 45.4 Å². The Balaban J connectivity index is 1.94. The summed E-state index contributed by atoms with van der Waals surface area (Å²) in [4.78, 5) is 24.4. The third-order valence-electron chi connectivity index (χ3n) is 4.32. The predicted octanol–water partition coefficient (Wildman–Crippen LogP) is 2.04. The zero-order valence-electron chi connectivity index (χ0n) is 17.1. The molecule has 1 aromatic heterocycles. The van der Waals surface area contributed by atoms with Crippen LogP contribution in [0.1, 0.15) is 30.4 Å². The maximum absolute atomic E-state index is 12.3. The fraction of sp³-hybridized carbons (Fsp3) is 0.421. The van der Waals surface area contributed by atoms with Crippen LogP contribution in [-0.2, 0) is 30.8 Å². The van der Waals surface area contributed by atoms with Crippen molar-refractivity contribution in [3.63, 3.8) is 0 Å². The second-order valence-electron chi connectivity index (χ2n) is 6.74. The zero-order chi connectivity index (χ0) is 21.8. The van der Waals surface area contributed by atoms with E-state index in [1.807, 2.05) is 0 Å². The summed E-state index contributed by atoms with van der Waals surface area (Å²) in [7, 11) is -0.784. The summed E-state index contributed by atoms with van der Waals surface area (Å²) in [5.41, 5.74) is 1.85. The number of ether oxygens (including phenoxy) is 1. The lowest BCUT2D eigenvalue weighted by atomic mass is 10.1. The maximum Gasteiger partial charge on any atom is 0.306 e. The summed E-state index contributed by atoms with van der Waals surface area (Å²) in [6, 6.07) is 5.85. The second-order valence-corrected chi connectivity index (χ2v) is 8.89. The molecule has 0 saturated carbocycles. The highest BCUT2D eigenvalue weighted by atomic mass is 32.2. The number of anilines is 1. The molecule has 2 rings (SSSR count). The molecule has 0 aliphatic heterocycles. The van der Waals surface area contributed by atoms with Crippen LogP contribution >= 0.6 is 0 Å². The molecule has 9 nitrogen and oxygen atoms in total. The lowest BCUT2D eigenvalue weighted by Gasteiger charge is -2.15. The highest BCUT2D eigenvalue weighted by Gasteiger charge is 2.21. The Morgan fingerprint density at radius 1 is 1.28 bits per heavy atom. The normalized spacial score (nSPS) is 12.6. The molecule has 10 heteroatoms. The van der Waals surface area contributed by atoms with Gasteiger partial charge in [0.2, 0.25) is 10.0 Å². The van der Waals surface area contributed by atoms with Gasteiger partial charge >= 0.3 is 5.97 Å². The van der Waals surface area contributed by atoms with E-state index in [4.69, 9.17) is 9.26 Å². The fourth-order valence-electron chi connectivity index (χ4n) is 2.58. The minimum Gasteiger partial charge on any atom is -0.453 e. The first-order chi connectivity index (χ1) is 13.5. The number of aromatic nitrogens is 1. The molecule has 1 atom stereocenters. The van der Waals surface area contributed by atoms with Gasteiger partial charge in [-0.1, -0.05) is 11.2 Å². The third-order valence-corrected chi connectivity index (χ3v) is 6.13. The van der Waals surface area contributed by atoms with E-state index in [1.165, 1.54) is 39.2 Å². The van der Waals surface area contributed by atoms with Gasteiger partial charge in [0.05, 0.1) is 10.6 Å². The number of nitrogens with one attached hydrogen (secondary N) is 1. The monoisotopic (exact) mass is 423 g/mol. The molecule has 1 heterocycles. The Bertz CT molecular complexity index is 978. The Kier molecular flexibility index (Phi) is 7.15. The number of carbonyl (C=O) groups is 2. The van der Waals surface area contributed by atoms with E-state index in [1.54, 1.807) is 19.9 Å². The number of sulfonamides is 1. The van der Waals surface area contributed by atoms with Gasteiger partial charge in [-0.25, -0.2) is 12.7 Å². The number of benzene rings is 1. The fourth-order valence-corrected chi connectivity index (χ4v) is 3.53. The first-order valence-corrected chi connectivity index (χ1v) is 10.4. The Morgan fingerprint density at radius 2 is 1.97 bits per heavy atom. The van der Waals surface area contributed by atoms with Crippen molar-refractivity contribution in [2.45, 2.75) is 44.6 Å². The minimum absolute atomic E-state index is 0.0457. The van der Waals surface area contributed by atoms with E-state index in [0.29, 0.717) is 17.9 Å². The molecule has 0 aliphatic rings. The molecule has 29 heavy (non-hydrogen) atoms. The van der Waals surface area contributed by atoms with Gasteiger partial charge in [0.1, 0.15) is 5.76 Å². The molecule has 0 fully saturated rings. The van der Waals surface area contributed by atoms with E-state index in [2.05, 4.69) is 10.5 Å². The number of hydrogen-bond acceptors (Lipinski definition) is 7. The summed E-state index contributed by atoms with van der Waals surface area (Å²) >= 11 is 0. The van der Waals surface area contributed by atoms with Gasteiger partial charge in [-0.15, -0.1) is 0 Å². The number of hydrogen-bond donors (Lipinski definition) is 1. The third kappa shape index (κ3) is 5.64. The van der Waals surface area contributed by atoms with E-state index < -0.39 is 28.0 Å². The highest BCUT2D eigenvalue weighted by Crippen LogP contribution is 2.19. The van der Waals surface area contributed by atoms with E-state index in [0.717, 1.165) is 9.87 Å². The number of aryl methyl sites for hydroxylation is 2. The Labute approximate surface area is 170 Å². The number of rotatable bonds is 8. The Morgan fingerprint density at radius 3 is 2.55 bits per heavy atom. The number of amides is 1. The smallest absolute Gasteiger partial charge is 0.306 e. The van der Waals surface area contributed by atoms with Crippen LogP contribution in [0.5, 0.6) is 0 Å². The molecule has 1 amide bonds. The first-order valence-electron chi connectivity index (χ1n) is 8.97. The Hall–Kier alpha value is -2.72. The molecule has 1 unspecified atom stereocenters. The molecule has 0 radical (unpaired) electrons. The summed E-state index contributed by atoms with van der Waals surface area (Å²) in [5.74, 6) is -0.444. The largest absolute Gasteiger partial charge is 0.453 e. The topological polar surface area (TPSA) is 119 Å². The van der Waals surface area contributed by atoms with E-state index in [9.17, 15) is 18.0 Å². The van der Waals surface area contributed by atoms with Crippen LogP contribution in [0.15, 0.2) is 33.7 Å². The van der Waals surface area contributed by atoms with Crippen LogP contribution in [-0.4, -0.2) is 50.0 Å². The quantitative estimate of drug-likeness (QED) is 0.645. The average Bonchev–Trinajstić information content (AvgIpc) is 2.97. The van der Waals surface area contributed by atoms with Crippen molar-refractivity contribution >= 4 is 27.6 Å². The average molecular weight is 423 g/mol. The van der Waals surface area contributed by atoms with Crippen LogP contribution < -0.4 is 5.32 Å². The lowest BCUT2D eigenvalue weighted by Crippen LogP contribution is -2.30. The van der Waals surface area contributed by atoms with Gasteiger partial charge in [0.15, 0.2) is 6.10 Å². The summed E-state index contributed by atoms with van der Waals surface area (Å²) in [6.07, 6.45) is -0.558. The number of carbonyl (C=O) groups excluding carboxylic acids is 2. The molecule has 158 valence electrons. The van der Waals surface area contributed by atoms with Crippen molar-refractivity contribution in [2.75, 3.05) is 19.4 Å². The van der Waals surface area contributed by atoms with Crippen molar-refractivity contribution < 1.29 is 27.3 Å². The van der Waals surface area contributed by atoms with Gasteiger partial charge in [0, 0.05) is 31.8 Å². The van der Waals surface area contributed by atoms with Crippen LogP contribution in [0.25, 0.3) is 0 Å². The van der Waals surface area contributed by atoms with Gasteiger partial charge in [-0.2, -0.15) is 0 Å². The first kappa shape index (κ1) is 22.6. The highest BCUT2D eigenvalue weighted by molar-refractivity contribution is 7.89. The van der Waals surface area contributed by atoms with Crippen molar-refractivity contribution in [3.8, 4) is 0 Å². The molecular weight excluding hydrogens is 398 g/mol. The molecule has 0 spiro atoms. The molecule has 0 aliphatic carbocycles. The van der Waals surface area contributed by atoms with Crippen molar-refractivity contribution in [1.29, 1.82) is 0 Å². The molecule has 1 N–H and O–H groups in total. The van der Waals surface area contributed by atoms with E-state index >= 15 is 0 Å². The van der Waals surface area contributed by atoms with Crippen LogP contribution in [0.4, 0.5) is 5.69 Å². The van der Waals surface area contributed by atoms with Crippen molar-refractivity contribution in [1.82, 2.24) is 9.46 Å². The number of nitrogens with zero attached hydrogens (tertiary/aromatic N) is 2. The minimum atomic E-state index is -3.63. The summed E-state index contributed by atoms with van der Waals surface area (Å²) in [6.45, 7) is 5.00. The van der Waals surface area contributed by atoms with Crippen LogP contribution in [0.2, 0.25) is 0 Å². The molecular formula is C19H25N3O6S. The van der Waals surface area contributed by atoms with E-state index in [-0.39, 0.29) is 17.0 Å². The zero-order valence-corrected chi connectivity index (χ0v) is 17.9. The van der Waals surface area contributed by atoms with Crippen molar-refractivity contribution in [2.24, 2.45) is 0 Å². The maximum atomic E-state index is 12.3. The number of esters is 1. The summed E-state index contributed by atoms with van der Waals surface area (Å²) in [5, 5.41) is 6.39. The van der Waals surface area contributed by atoms with Crippen molar-refractivity contribution in [3.05, 3.63) is 41.3 Å². The summed E-state index contributed by atoms with van der Waals surface area (Å²) < 4.78 is 35.7. The molecule has 1 aromatic carbocycles. The molecule has 0 saturated heterocycles. The van der Waals surface area contributed by atoms with Crippen LogP contribution in [0, 0.1) is 13.8 Å².